The van der Waals surface area contributed by atoms with Gasteiger partial charge in [0, 0.05) is 32.0 Å². The molecule has 0 atom stereocenters. The van der Waals surface area contributed by atoms with Crippen molar-refractivity contribution in [1.29, 1.82) is 0 Å². The molecule has 1 aliphatic heterocycles. The number of aryl methyl sites for hydroxylation is 1. The van der Waals surface area contributed by atoms with Gasteiger partial charge in [-0.05, 0) is 58.1 Å². The Labute approximate surface area is 222 Å². The summed E-state index contributed by atoms with van der Waals surface area (Å²) in [4.78, 5) is 8.77. The van der Waals surface area contributed by atoms with Gasteiger partial charge in [0.2, 0.25) is 0 Å². The summed E-state index contributed by atoms with van der Waals surface area (Å²) in [6.45, 7) is 10.2. The summed E-state index contributed by atoms with van der Waals surface area (Å²) in [6.07, 6.45) is 1.78. The molecule has 4 nitrogen and oxygen atoms in total. The fourth-order valence-corrected chi connectivity index (χ4v) is 3.53. The molecule has 35 heavy (non-hydrogen) atoms. The van der Waals surface area contributed by atoms with Gasteiger partial charge in [-0.3, -0.25) is 0 Å². The van der Waals surface area contributed by atoms with Crippen molar-refractivity contribution >= 4 is 12.6 Å². The summed E-state index contributed by atoms with van der Waals surface area (Å²) in [5.41, 5.74) is 5.25. The van der Waals surface area contributed by atoms with Crippen LogP contribution in [0, 0.1) is 19.1 Å². The molecular formula is C29H29BIrN2O2-2. The fraction of sp³-hybridized carbons (Fsp3) is 0.241. The summed E-state index contributed by atoms with van der Waals surface area (Å²) in [5, 5.41) is 0. The van der Waals surface area contributed by atoms with Crippen LogP contribution >= 0.6 is 0 Å². The van der Waals surface area contributed by atoms with Crippen LogP contribution in [0.25, 0.3) is 22.5 Å². The van der Waals surface area contributed by atoms with E-state index in [0.717, 1.165) is 33.7 Å². The largest absolute Gasteiger partial charge is 0.475 e. The van der Waals surface area contributed by atoms with Gasteiger partial charge in [0.1, 0.15) is 0 Å². The van der Waals surface area contributed by atoms with Gasteiger partial charge in [-0.1, -0.05) is 24.3 Å². The smallest absolute Gasteiger partial charge is 0.400 e. The minimum absolute atomic E-state index is 0. The molecule has 181 valence electrons. The van der Waals surface area contributed by atoms with Crippen molar-refractivity contribution in [1.82, 2.24) is 9.97 Å². The predicted octanol–water partition coefficient (Wildman–Crippen LogP) is 5.70. The predicted molar refractivity (Wildman–Crippen MR) is 137 cm³/mol. The summed E-state index contributed by atoms with van der Waals surface area (Å²) in [7, 11) is -0.355. The zero-order valence-electron chi connectivity index (χ0n) is 20.7. The monoisotopic (exact) mass is 641 g/mol. The molecule has 5 rings (SSSR count). The summed E-state index contributed by atoms with van der Waals surface area (Å²) >= 11 is 0. The Morgan fingerprint density at radius 1 is 0.743 bits per heavy atom. The number of benzene rings is 2. The first-order chi connectivity index (χ1) is 16.2. The molecule has 6 heteroatoms. The average molecular weight is 641 g/mol. The van der Waals surface area contributed by atoms with Crippen molar-refractivity contribution in [2.75, 3.05) is 0 Å². The van der Waals surface area contributed by atoms with E-state index in [9.17, 15) is 0 Å². The minimum Gasteiger partial charge on any atom is -0.400 e. The third-order valence-electron chi connectivity index (χ3n) is 6.17. The number of aromatic nitrogens is 2. The van der Waals surface area contributed by atoms with Gasteiger partial charge >= 0.3 is 7.12 Å². The molecular weight excluding hydrogens is 611 g/mol. The number of rotatable bonds is 3. The second kappa shape index (κ2) is 11.4. The molecule has 0 spiro atoms. The van der Waals surface area contributed by atoms with Crippen LogP contribution in [-0.2, 0) is 29.4 Å². The topological polar surface area (TPSA) is 44.2 Å². The van der Waals surface area contributed by atoms with Crippen LogP contribution in [0.5, 0.6) is 0 Å². The van der Waals surface area contributed by atoms with E-state index in [0.29, 0.717) is 0 Å². The standard InChI is InChI=1S/C17H19BNO2.C12H10N.Ir/c1-16(2)17(3,4)21-18(20-16)14-9-7-8-13(12-14)15-10-5-6-11-19-15;1-10-6-5-9-12(13-10)11-7-3-2-4-8-11;/h5-7,9-12H,1-4H3;2-7,9H,1H3;/q2*-1;. The Bertz CT molecular complexity index is 1220. The van der Waals surface area contributed by atoms with E-state index in [1.807, 2.05) is 85.8 Å². The quantitative estimate of drug-likeness (QED) is 0.213. The first-order valence-corrected chi connectivity index (χ1v) is 11.4. The van der Waals surface area contributed by atoms with Crippen LogP contribution in [0.15, 0.2) is 85.1 Å². The van der Waals surface area contributed by atoms with Gasteiger partial charge in [-0.15, -0.1) is 71.2 Å². The van der Waals surface area contributed by atoms with E-state index in [4.69, 9.17) is 9.31 Å². The fourth-order valence-electron chi connectivity index (χ4n) is 3.53. The van der Waals surface area contributed by atoms with E-state index >= 15 is 0 Å². The second-order valence-electron chi connectivity index (χ2n) is 9.28. The second-order valence-corrected chi connectivity index (χ2v) is 9.28. The molecule has 0 aliphatic carbocycles. The molecule has 0 bridgehead atoms. The summed E-state index contributed by atoms with van der Waals surface area (Å²) in [5.74, 6) is 0. The van der Waals surface area contributed by atoms with E-state index in [-0.39, 0.29) is 38.4 Å². The Hall–Kier alpha value is -2.63. The zero-order valence-corrected chi connectivity index (χ0v) is 23.1. The maximum atomic E-state index is 6.08. The van der Waals surface area contributed by atoms with Crippen molar-refractivity contribution < 1.29 is 29.4 Å². The SMILES string of the molecule is CC1(C)OB(c2cc[c-]c(-c3ccccn3)c2)OC1(C)C.Cc1cccc(-c2[c-]cccc2)n1.[Ir]. The van der Waals surface area contributed by atoms with Gasteiger partial charge in [0.15, 0.2) is 0 Å². The van der Waals surface area contributed by atoms with Crippen LogP contribution in [0.3, 0.4) is 0 Å². The average Bonchev–Trinajstić information content (AvgIpc) is 3.07. The maximum absolute atomic E-state index is 6.08. The van der Waals surface area contributed by atoms with Crippen molar-refractivity contribution in [3.63, 3.8) is 0 Å². The molecule has 0 unspecified atom stereocenters. The molecule has 2 aromatic heterocycles. The molecule has 2 aromatic carbocycles. The molecule has 1 fully saturated rings. The molecule has 4 aromatic rings. The normalized spacial score (nSPS) is 15.5. The van der Waals surface area contributed by atoms with Crippen molar-refractivity contribution in [2.45, 2.75) is 45.8 Å². The Morgan fingerprint density at radius 3 is 2.06 bits per heavy atom. The van der Waals surface area contributed by atoms with Gasteiger partial charge in [-0.2, -0.15) is 0 Å². The van der Waals surface area contributed by atoms with Gasteiger partial charge in [-0.25, -0.2) is 0 Å². The first-order valence-electron chi connectivity index (χ1n) is 11.4. The van der Waals surface area contributed by atoms with Crippen LogP contribution < -0.4 is 5.46 Å². The molecule has 1 aliphatic rings. The third-order valence-corrected chi connectivity index (χ3v) is 6.17. The molecule has 0 N–H and O–H groups in total. The van der Waals surface area contributed by atoms with Gasteiger partial charge in [0.05, 0.1) is 11.2 Å². The van der Waals surface area contributed by atoms with Crippen LogP contribution in [0.1, 0.15) is 33.4 Å². The Morgan fingerprint density at radius 2 is 1.43 bits per heavy atom. The van der Waals surface area contributed by atoms with E-state index in [1.165, 1.54) is 0 Å². The van der Waals surface area contributed by atoms with Crippen molar-refractivity contribution in [2.24, 2.45) is 0 Å². The van der Waals surface area contributed by atoms with E-state index in [2.05, 4.69) is 49.8 Å². The molecule has 1 saturated heterocycles. The Kier molecular flexibility index (Phi) is 8.79. The van der Waals surface area contributed by atoms with Crippen LogP contribution in [-0.4, -0.2) is 28.3 Å². The van der Waals surface area contributed by atoms with Crippen molar-refractivity contribution in [3.05, 3.63) is 103 Å². The van der Waals surface area contributed by atoms with E-state index < -0.39 is 0 Å². The number of hydrogen-bond donors (Lipinski definition) is 0. The van der Waals surface area contributed by atoms with Crippen LogP contribution in [0.2, 0.25) is 0 Å². The third kappa shape index (κ3) is 6.53. The molecule has 3 heterocycles. The maximum Gasteiger partial charge on any atom is 0.475 e. The molecule has 0 saturated carbocycles. The zero-order chi connectivity index (χ0) is 24.2. The summed E-state index contributed by atoms with van der Waals surface area (Å²) < 4.78 is 12.2. The van der Waals surface area contributed by atoms with E-state index in [1.54, 1.807) is 6.20 Å². The minimum atomic E-state index is -0.355. The molecule has 1 radical (unpaired) electrons. The van der Waals surface area contributed by atoms with Gasteiger partial charge in [0.25, 0.3) is 0 Å². The van der Waals surface area contributed by atoms with Crippen LogP contribution in [0.4, 0.5) is 0 Å². The molecule has 0 amide bonds. The first kappa shape index (κ1) is 27.0. The van der Waals surface area contributed by atoms with Gasteiger partial charge < -0.3 is 19.3 Å². The summed E-state index contributed by atoms with van der Waals surface area (Å²) in [6, 6.07) is 32.0. The number of nitrogens with zero attached hydrogens (tertiary/aromatic N) is 2. The number of hydrogen-bond acceptors (Lipinski definition) is 4. The Balaban J connectivity index is 0.000000211. The number of pyridine rings is 2. The van der Waals surface area contributed by atoms with Crippen molar-refractivity contribution in [3.8, 4) is 22.5 Å².